The number of nitrogens with zero attached hydrogens (tertiary/aromatic N) is 1. The number of rotatable bonds is 7. The van der Waals surface area contributed by atoms with Crippen LogP contribution in [0, 0.1) is 11.3 Å². The SMILES string of the molecule is CCCc1cc(OC)c(CC(CC)NC(=O)OC(C)(C)C)cc1C#N. The third-order valence-electron chi connectivity index (χ3n) is 3.83. The molecule has 0 aromatic heterocycles. The topological polar surface area (TPSA) is 71.3 Å². The highest BCUT2D eigenvalue weighted by atomic mass is 16.6. The predicted octanol–water partition coefficient (Wildman–Crippen LogP) is 4.37. The van der Waals surface area contributed by atoms with Crippen molar-refractivity contribution in [2.75, 3.05) is 7.11 Å². The Hall–Kier alpha value is -2.22. The van der Waals surface area contributed by atoms with E-state index in [2.05, 4.69) is 18.3 Å². The Morgan fingerprint density at radius 3 is 2.44 bits per heavy atom. The van der Waals surface area contributed by atoms with Crippen LogP contribution in [0.1, 0.15) is 64.2 Å². The third kappa shape index (κ3) is 6.66. The Labute approximate surface area is 151 Å². The first-order valence-corrected chi connectivity index (χ1v) is 8.83. The van der Waals surface area contributed by atoms with Crippen LogP contribution in [0.3, 0.4) is 0 Å². The molecule has 0 aliphatic carbocycles. The van der Waals surface area contributed by atoms with Gasteiger partial charge in [-0.3, -0.25) is 0 Å². The highest BCUT2D eigenvalue weighted by Gasteiger charge is 2.20. The number of ether oxygens (including phenoxy) is 2. The molecule has 1 atom stereocenters. The number of carbonyl (C=O) groups excluding carboxylic acids is 1. The third-order valence-corrected chi connectivity index (χ3v) is 3.83. The summed E-state index contributed by atoms with van der Waals surface area (Å²) in [6, 6.07) is 6.00. The van der Waals surface area contributed by atoms with Gasteiger partial charge in [0.25, 0.3) is 0 Å². The van der Waals surface area contributed by atoms with Crippen LogP contribution in [-0.2, 0) is 17.6 Å². The highest BCUT2D eigenvalue weighted by Crippen LogP contribution is 2.26. The number of methoxy groups -OCH3 is 1. The lowest BCUT2D eigenvalue weighted by atomic mass is 9.96. The van der Waals surface area contributed by atoms with Gasteiger partial charge in [0.2, 0.25) is 0 Å². The van der Waals surface area contributed by atoms with Crippen molar-refractivity contribution in [3.63, 3.8) is 0 Å². The maximum atomic E-state index is 12.0. The van der Waals surface area contributed by atoms with Gasteiger partial charge in [-0.2, -0.15) is 5.26 Å². The van der Waals surface area contributed by atoms with E-state index in [0.29, 0.717) is 12.0 Å². The molecule has 0 radical (unpaired) electrons. The molecule has 0 aliphatic rings. The lowest BCUT2D eigenvalue weighted by Crippen LogP contribution is -2.40. The maximum Gasteiger partial charge on any atom is 0.407 e. The van der Waals surface area contributed by atoms with Crippen molar-refractivity contribution in [3.8, 4) is 11.8 Å². The number of alkyl carbamates (subject to hydrolysis) is 1. The van der Waals surface area contributed by atoms with Crippen molar-refractivity contribution in [1.82, 2.24) is 5.32 Å². The first-order chi connectivity index (χ1) is 11.7. The van der Waals surface area contributed by atoms with E-state index in [1.807, 2.05) is 39.8 Å². The molecule has 0 bridgehead atoms. The Kier molecular flexibility index (Phi) is 7.76. The van der Waals surface area contributed by atoms with Crippen molar-refractivity contribution >= 4 is 6.09 Å². The number of aryl methyl sites for hydroxylation is 1. The molecule has 5 heteroatoms. The van der Waals surface area contributed by atoms with E-state index in [4.69, 9.17) is 9.47 Å². The van der Waals surface area contributed by atoms with Gasteiger partial charge in [0, 0.05) is 6.04 Å². The van der Waals surface area contributed by atoms with E-state index in [1.54, 1.807) is 7.11 Å². The number of carbonyl (C=O) groups is 1. The lowest BCUT2D eigenvalue weighted by molar-refractivity contribution is 0.0502. The normalized spacial score (nSPS) is 12.2. The van der Waals surface area contributed by atoms with E-state index in [9.17, 15) is 10.1 Å². The van der Waals surface area contributed by atoms with Gasteiger partial charge in [0.05, 0.1) is 18.7 Å². The summed E-state index contributed by atoms with van der Waals surface area (Å²) < 4.78 is 10.8. The van der Waals surface area contributed by atoms with Crippen molar-refractivity contribution < 1.29 is 14.3 Å². The molecule has 1 aromatic carbocycles. The molecule has 25 heavy (non-hydrogen) atoms. The summed E-state index contributed by atoms with van der Waals surface area (Å²) in [6.45, 7) is 9.59. The first-order valence-electron chi connectivity index (χ1n) is 8.83. The van der Waals surface area contributed by atoms with Gasteiger partial charge in [-0.15, -0.1) is 0 Å². The fraction of sp³-hybridized carbons (Fsp3) is 0.600. The van der Waals surface area contributed by atoms with Crippen molar-refractivity contribution in [2.24, 2.45) is 0 Å². The highest BCUT2D eigenvalue weighted by molar-refractivity contribution is 5.68. The van der Waals surface area contributed by atoms with Crippen LogP contribution in [0.2, 0.25) is 0 Å². The second kappa shape index (κ2) is 9.31. The fourth-order valence-electron chi connectivity index (χ4n) is 2.63. The minimum absolute atomic E-state index is 0.0904. The number of nitrogens with one attached hydrogen (secondary N) is 1. The van der Waals surface area contributed by atoms with E-state index >= 15 is 0 Å². The van der Waals surface area contributed by atoms with Crippen LogP contribution in [0.25, 0.3) is 0 Å². The molecule has 0 aliphatic heterocycles. The van der Waals surface area contributed by atoms with Crippen LogP contribution in [0.15, 0.2) is 12.1 Å². The summed E-state index contributed by atoms with van der Waals surface area (Å²) in [5, 5.41) is 12.3. The molecule has 0 fully saturated rings. The molecule has 1 unspecified atom stereocenters. The number of hydrogen-bond donors (Lipinski definition) is 1. The second-order valence-corrected chi connectivity index (χ2v) is 7.14. The van der Waals surface area contributed by atoms with Crippen LogP contribution in [-0.4, -0.2) is 24.8 Å². The maximum absolute atomic E-state index is 12.0. The Morgan fingerprint density at radius 1 is 1.28 bits per heavy atom. The molecule has 0 heterocycles. The van der Waals surface area contributed by atoms with Gasteiger partial charge in [-0.25, -0.2) is 4.79 Å². The standard InChI is InChI=1S/C20H30N2O3/c1-7-9-14-12-18(24-6)15(10-16(14)13-21)11-17(8-2)22-19(23)25-20(3,4)5/h10,12,17H,7-9,11H2,1-6H3,(H,22,23). The lowest BCUT2D eigenvalue weighted by Gasteiger charge is -2.23. The van der Waals surface area contributed by atoms with E-state index in [1.165, 1.54) is 0 Å². The Morgan fingerprint density at radius 2 is 1.96 bits per heavy atom. The molecule has 1 rings (SSSR count). The van der Waals surface area contributed by atoms with Crippen LogP contribution in [0.4, 0.5) is 4.79 Å². The van der Waals surface area contributed by atoms with E-state index < -0.39 is 11.7 Å². The van der Waals surface area contributed by atoms with Crippen LogP contribution >= 0.6 is 0 Å². The van der Waals surface area contributed by atoms with Gasteiger partial charge < -0.3 is 14.8 Å². The number of benzene rings is 1. The molecular weight excluding hydrogens is 316 g/mol. The Balaban J connectivity index is 2.98. The van der Waals surface area contributed by atoms with Crippen LogP contribution < -0.4 is 10.1 Å². The molecule has 5 nitrogen and oxygen atoms in total. The largest absolute Gasteiger partial charge is 0.496 e. The second-order valence-electron chi connectivity index (χ2n) is 7.14. The molecule has 0 saturated carbocycles. The number of hydrogen-bond acceptors (Lipinski definition) is 4. The van der Waals surface area contributed by atoms with Crippen molar-refractivity contribution in [3.05, 3.63) is 28.8 Å². The minimum Gasteiger partial charge on any atom is -0.496 e. The Bertz CT molecular complexity index is 627. The monoisotopic (exact) mass is 346 g/mol. The summed E-state index contributed by atoms with van der Waals surface area (Å²) >= 11 is 0. The first kappa shape index (κ1) is 20.8. The molecule has 138 valence electrons. The summed E-state index contributed by atoms with van der Waals surface area (Å²) in [5.41, 5.74) is 2.06. The predicted molar refractivity (Wildman–Crippen MR) is 98.9 cm³/mol. The smallest absolute Gasteiger partial charge is 0.407 e. The van der Waals surface area contributed by atoms with Gasteiger partial charge in [-0.05, 0) is 63.3 Å². The van der Waals surface area contributed by atoms with Gasteiger partial charge in [-0.1, -0.05) is 20.3 Å². The van der Waals surface area contributed by atoms with E-state index in [-0.39, 0.29) is 6.04 Å². The van der Waals surface area contributed by atoms with Crippen molar-refractivity contribution in [1.29, 1.82) is 5.26 Å². The summed E-state index contributed by atoms with van der Waals surface area (Å²) in [4.78, 5) is 12.0. The fourth-order valence-corrected chi connectivity index (χ4v) is 2.63. The molecule has 1 N–H and O–H groups in total. The minimum atomic E-state index is -0.532. The molecule has 0 spiro atoms. The quantitative estimate of drug-likeness (QED) is 0.796. The van der Waals surface area contributed by atoms with Gasteiger partial charge in [0.15, 0.2) is 0 Å². The molecule has 1 amide bonds. The zero-order valence-electron chi connectivity index (χ0n) is 16.2. The molecule has 1 aromatic rings. The zero-order valence-corrected chi connectivity index (χ0v) is 16.2. The zero-order chi connectivity index (χ0) is 19.0. The summed E-state index contributed by atoms with van der Waals surface area (Å²) in [7, 11) is 1.63. The average molecular weight is 346 g/mol. The summed E-state index contributed by atoms with van der Waals surface area (Å²) in [6.07, 6.45) is 2.71. The van der Waals surface area contributed by atoms with Gasteiger partial charge >= 0.3 is 6.09 Å². The molecular formula is C20H30N2O3. The average Bonchev–Trinajstić information content (AvgIpc) is 2.53. The number of amides is 1. The molecule has 0 saturated heterocycles. The number of nitriles is 1. The van der Waals surface area contributed by atoms with Gasteiger partial charge in [0.1, 0.15) is 11.4 Å². The van der Waals surface area contributed by atoms with Crippen molar-refractivity contribution in [2.45, 2.75) is 71.9 Å². The van der Waals surface area contributed by atoms with Crippen LogP contribution in [0.5, 0.6) is 5.75 Å². The summed E-state index contributed by atoms with van der Waals surface area (Å²) in [5.74, 6) is 0.756. The van der Waals surface area contributed by atoms with E-state index in [0.717, 1.165) is 36.1 Å².